The van der Waals surface area contributed by atoms with Crippen LogP contribution in [0.1, 0.15) is 0 Å². The van der Waals surface area contributed by atoms with Gasteiger partial charge in [-0.25, -0.2) is 16.8 Å². The van der Waals surface area contributed by atoms with Crippen molar-refractivity contribution in [2.75, 3.05) is 0 Å². The van der Waals surface area contributed by atoms with Gasteiger partial charge in [-0.3, -0.25) is 0 Å². The molecule has 0 spiro atoms. The van der Waals surface area contributed by atoms with Crippen molar-refractivity contribution in [3.8, 4) is 0 Å². The van der Waals surface area contributed by atoms with Crippen molar-refractivity contribution in [1.82, 2.24) is 0 Å². The third-order valence-corrected chi connectivity index (χ3v) is 1.70. The zero-order valence-corrected chi connectivity index (χ0v) is 10.9. The monoisotopic (exact) mass is 491 g/mol. The standard InChI is InChI=1S/2CHF3O3S.Ir/c2*2-1(3,4)8(5,6)7;/h2*(H,5,6,7);/q;;+2/p-2. The number of alkyl halides is 6. The van der Waals surface area contributed by atoms with Crippen molar-refractivity contribution in [3.63, 3.8) is 0 Å². The molecule has 0 aliphatic heterocycles. The van der Waals surface area contributed by atoms with Gasteiger partial charge in [-0.15, -0.1) is 0 Å². The van der Waals surface area contributed by atoms with Crippen molar-refractivity contribution in [1.29, 1.82) is 0 Å². The maximum Gasteiger partial charge on any atom is 2.00 e. The summed E-state index contributed by atoms with van der Waals surface area (Å²) in [6.45, 7) is 0. The first-order chi connectivity index (χ1) is 6.50. The summed E-state index contributed by atoms with van der Waals surface area (Å²) in [6, 6.07) is 0. The fourth-order valence-electron chi connectivity index (χ4n) is 0. The van der Waals surface area contributed by atoms with E-state index in [1.165, 1.54) is 0 Å². The molecule has 0 amide bonds. The van der Waals surface area contributed by atoms with Crippen molar-refractivity contribution >= 4 is 20.2 Å². The van der Waals surface area contributed by atoms with E-state index in [0.29, 0.717) is 0 Å². The van der Waals surface area contributed by atoms with Gasteiger partial charge >= 0.3 is 31.1 Å². The van der Waals surface area contributed by atoms with Crippen molar-refractivity contribution < 1.29 is 72.4 Å². The molecule has 0 saturated heterocycles. The second-order valence-corrected chi connectivity index (χ2v) is 4.54. The molecule has 0 unspecified atom stereocenters. The summed E-state index contributed by atoms with van der Waals surface area (Å²) in [6.07, 6.45) is 0. The molecule has 6 nitrogen and oxygen atoms in total. The molecule has 0 heterocycles. The molecule has 15 heteroatoms. The summed E-state index contributed by atoms with van der Waals surface area (Å²) >= 11 is 0. The molecule has 0 aliphatic carbocycles. The third-order valence-electron chi connectivity index (χ3n) is 0.567. The van der Waals surface area contributed by atoms with Gasteiger partial charge in [0, 0.05) is 0 Å². The molecule has 0 atom stereocenters. The van der Waals surface area contributed by atoms with Crippen LogP contribution in [0.15, 0.2) is 0 Å². The van der Waals surface area contributed by atoms with E-state index in [1.54, 1.807) is 0 Å². The number of hydrogen-bond donors (Lipinski definition) is 0. The average molecular weight is 490 g/mol. The van der Waals surface area contributed by atoms with E-state index >= 15 is 0 Å². The maximum absolute atomic E-state index is 10.7. The summed E-state index contributed by atoms with van der Waals surface area (Å²) in [5, 5.41) is 0. The molecule has 0 aromatic rings. The summed E-state index contributed by atoms with van der Waals surface area (Å²) in [4.78, 5) is 0. The minimum absolute atomic E-state index is 0. The Balaban J connectivity index is -0.000000218. The number of hydrogen-bond acceptors (Lipinski definition) is 6. The van der Waals surface area contributed by atoms with E-state index < -0.39 is 31.3 Å². The van der Waals surface area contributed by atoms with Crippen LogP contribution in [0.2, 0.25) is 0 Å². The first-order valence-corrected chi connectivity index (χ1v) is 5.36. The Morgan fingerprint density at radius 1 is 0.647 bits per heavy atom. The number of halogens is 6. The topological polar surface area (TPSA) is 114 Å². The van der Waals surface area contributed by atoms with Crippen LogP contribution in [0.3, 0.4) is 0 Å². The molecule has 0 rings (SSSR count). The van der Waals surface area contributed by atoms with Gasteiger partial charge in [-0.1, -0.05) is 0 Å². The molecule has 0 saturated carbocycles. The molecule has 107 valence electrons. The molecule has 17 heavy (non-hydrogen) atoms. The predicted molar refractivity (Wildman–Crippen MR) is 31.5 cm³/mol. The summed E-state index contributed by atoms with van der Waals surface area (Å²) < 4.78 is 118. The van der Waals surface area contributed by atoms with Crippen LogP contribution >= 0.6 is 0 Å². The van der Waals surface area contributed by atoms with Gasteiger partial charge in [-0.2, -0.15) is 26.3 Å². The van der Waals surface area contributed by atoms with E-state index in [-0.39, 0.29) is 20.1 Å². The Morgan fingerprint density at radius 2 is 0.706 bits per heavy atom. The van der Waals surface area contributed by atoms with Crippen molar-refractivity contribution in [3.05, 3.63) is 0 Å². The average Bonchev–Trinajstić information content (AvgIpc) is 1.77. The van der Waals surface area contributed by atoms with Gasteiger partial charge in [0.15, 0.2) is 20.2 Å². The molecule has 0 aromatic carbocycles. The van der Waals surface area contributed by atoms with Crippen LogP contribution in [0.4, 0.5) is 26.3 Å². The van der Waals surface area contributed by atoms with Gasteiger partial charge in [-0.05, 0) is 0 Å². The minimum atomic E-state index is -6.09. The molecule has 0 N–H and O–H groups in total. The Hall–Kier alpha value is 0.0494. The molecule has 0 aliphatic rings. The van der Waals surface area contributed by atoms with Crippen LogP contribution in [-0.4, -0.2) is 37.0 Å². The molecule has 0 aromatic heterocycles. The summed E-state index contributed by atoms with van der Waals surface area (Å²) in [5.41, 5.74) is -11.3. The van der Waals surface area contributed by atoms with E-state index in [1.807, 2.05) is 0 Å². The van der Waals surface area contributed by atoms with Gasteiger partial charge in [0.1, 0.15) is 0 Å². The summed E-state index contributed by atoms with van der Waals surface area (Å²) in [7, 11) is -12.2. The van der Waals surface area contributed by atoms with Crippen molar-refractivity contribution in [2.45, 2.75) is 11.0 Å². The Morgan fingerprint density at radius 3 is 0.706 bits per heavy atom. The Bertz CT molecular complexity index is 374. The Kier molecular flexibility index (Phi) is 8.23. The molecule has 0 bridgehead atoms. The van der Waals surface area contributed by atoms with Gasteiger partial charge < -0.3 is 9.11 Å². The minimum Gasteiger partial charge on any atom is -0.741 e. The summed E-state index contributed by atoms with van der Waals surface area (Å²) in [5.74, 6) is 0. The van der Waals surface area contributed by atoms with E-state index in [4.69, 9.17) is 25.9 Å². The largest absolute Gasteiger partial charge is 2.00 e. The van der Waals surface area contributed by atoms with Crippen LogP contribution in [0.5, 0.6) is 0 Å². The van der Waals surface area contributed by atoms with Crippen LogP contribution in [0, 0.1) is 0 Å². The fraction of sp³-hybridized carbons (Fsp3) is 1.00. The normalized spacial score (nSPS) is 13.2. The van der Waals surface area contributed by atoms with Crippen LogP contribution in [-0.2, 0) is 40.3 Å². The van der Waals surface area contributed by atoms with Crippen molar-refractivity contribution in [2.24, 2.45) is 0 Å². The maximum atomic E-state index is 10.7. The van der Waals surface area contributed by atoms with Crippen LogP contribution in [0.25, 0.3) is 0 Å². The van der Waals surface area contributed by atoms with E-state index in [2.05, 4.69) is 0 Å². The smallest absolute Gasteiger partial charge is 0.741 e. The van der Waals surface area contributed by atoms with Gasteiger partial charge in [0.25, 0.3) is 0 Å². The number of rotatable bonds is 0. The Labute approximate surface area is 104 Å². The third kappa shape index (κ3) is 9.72. The molecular formula is C2F6IrO6S2. The van der Waals surface area contributed by atoms with E-state index in [9.17, 15) is 26.3 Å². The quantitative estimate of drug-likeness (QED) is 0.270. The second-order valence-electron chi connectivity index (χ2n) is 1.80. The zero-order valence-electron chi connectivity index (χ0n) is 6.87. The fourth-order valence-corrected chi connectivity index (χ4v) is 0. The first kappa shape index (κ1) is 22.2. The SMILES string of the molecule is O=S(=O)([O-])C(F)(F)F.O=S(=O)([O-])C(F)(F)F.[Ir+2]. The first-order valence-electron chi connectivity index (χ1n) is 2.54. The molecular weight excluding hydrogens is 490 g/mol. The zero-order chi connectivity index (χ0) is 14.0. The van der Waals surface area contributed by atoms with Crippen LogP contribution < -0.4 is 0 Å². The molecule has 1 radical (unpaired) electrons. The van der Waals surface area contributed by atoms with Gasteiger partial charge in [0.05, 0.1) is 0 Å². The second kappa shape index (κ2) is 6.28. The predicted octanol–water partition coefficient (Wildman–Crippen LogP) is 0.100. The van der Waals surface area contributed by atoms with E-state index in [0.717, 1.165) is 0 Å². The van der Waals surface area contributed by atoms with Gasteiger partial charge in [0.2, 0.25) is 0 Å². The molecule has 0 fully saturated rings.